The maximum absolute atomic E-state index is 13.1. The minimum absolute atomic E-state index is 0.00972. The van der Waals surface area contributed by atoms with Gasteiger partial charge in [0.2, 0.25) is 5.91 Å². The molecule has 2 amide bonds. The molecule has 1 aliphatic rings. The van der Waals surface area contributed by atoms with Gasteiger partial charge in [0.15, 0.2) is 0 Å². The molecule has 3 aromatic rings. The number of pyridine rings is 1. The highest BCUT2D eigenvalue weighted by molar-refractivity contribution is 7.99. The van der Waals surface area contributed by atoms with Crippen molar-refractivity contribution in [2.45, 2.75) is 43.2 Å². The maximum atomic E-state index is 13.1. The topological polar surface area (TPSA) is 62.3 Å². The van der Waals surface area contributed by atoms with Crippen LogP contribution >= 0.6 is 11.8 Å². The zero-order valence-corrected chi connectivity index (χ0v) is 18.0. The first-order chi connectivity index (χ1) is 14.4. The summed E-state index contributed by atoms with van der Waals surface area (Å²) in [5.74, 6) is -0.131. The summed E-state index contributed by atoms with van der Waals surface area (Å²) in [6, 6.07) is 17.1. The number of aryl methyl sites for hydroxylation is 1. The third-order valence-corrected chi connectivity index (χ3v) is 6.12. The number of nitrogens with one attached hydrogen (secondary N) is 1. The van der Waals surface area contributed by atoms with E-state index >= 15 is 0 Å². The lowest BCUT2D eigenvalue weighted by atomic mass is 10.1. The van der Waals surface area contributed by atoms with Gasteiger partial charge >= 0.3 is 0 Å². The number of aromatic nitrogens is 1. The van der Waals surface area contributed by atoms with Gasteiger partial charge in [-0.2, -0.15) is 0 Å². The molecule has 0 radical (unpaired) electrons. The standard InChI is InChI=1S/C24H23N3O2S/c1-15(2)27-20-11-10-18(26-22(28)13-17-8-5-4-7-16(17)3)14-21(20)30-23-19(24(27)29)9-6-12-25-23/h4-12,14-15H,13H2,1-3H3,(H,26,28). The van der Waals surface area contributed by atoms with E-state index < -0.39 is 0 Å². The molecule has 0 saturated carbocycles. The van der Waals surface area contributed by atoms with Gasteiger partial charge in [0.25, 0.3) is 5.91 Å². The predicted octanol–water partition coefficient (Wildman–Crippen LogP) is 5.09. The third-order valence-electron chi connectivity index (χ3n) is 5.06. The number of carbonyl (C=O) groups excluding carboxylic acids is 2. The van der Waals surface area contributed by atoms with Gasteiger partial charge in [0, 0.05) is 22.8 Å². The Morgan fingerprint density at radius 2 is 1.93 bits per heavy atom. The van der Waals surface area contributed by atoms with Gasteiger partial charge in [-0.15, -0.1) is 0 Å². The second kappa shape index (κ2) is 8.32. The van der Waals surface area contributed by atoms with E-state index in [9.17, 15) is 9.59 Å². The second-order valence-electron chi connectivity index (χ2n) is 7.56. The Morgan fingerprint density at radius 3 is 2.70 bits per heavy atom. The molecule has 4 rings (SSSR count). The van der Waals surface area contributed by atoms with Crippen LogP contribution in [0.25, 0.3) is 0 Å². The molecule has 0 atom stereocenters. The number of anilines is 2. The zero-order chi connectivity index (χ0) is 21.3. The molecule has 152 valence electrons. The molecule has 0 spiro atoms. The van der Waals surface area contributed by atoms with E-state index in [0.29, 0.717) is 22.7 Å². The maximum Gasteiger partial charge on any atom is 0.261 e. The molecule has 5 nitrogen and oxygen atoms in total. The van der Waals surface area contributed by atoms with Crippen LogP contribution in [0.4, 0.5) is 11.4 Å². The first kappa shape index (κ1) is 20.2. The van der Waals surface area contributed by atoms with E-state index in [0.717, 1.165) is 21.7 Å². The summed E-state index contributed by atoms with van der Waals surface area (Å²) in [7, 11) is 0. The van der Waals surface area contributed by atoms with Crippen molar-refractivity contribution in [1.82, 2.24) is 4.98 Å². The molecule has 0 unspecified atom stereocenters. The average molecular weight is 418 g/mol. The van der Waals surface area contributed by atoms with Crippen LogP contribution < -0.4 is 10.2 Å². The fourth-order valence-electron chi connectivity index (χ4n) is 3.55. The highest BCUT2D eigenvalue weighted by atomic mass is 32.2. The Labute approximate surface area is 180 Å². The molecule has 0 bridgehead atoms. The van der Waals surface area contributed by atoms with E-state index in [1.165, 1.54) is 11.8 Å². The Morgan fingerprint density at radius 1 is 1.13 bits per heavy atom. The number of hydrogen-bond acceptors (Lipinski definition) is 4. The number of rotatable bonds is 4. The molecule has 6 heteroatoms. The van der Waals surface area contributed by atoms with Crippen LogP contribution in [0.1, 0.15) is 35.3 Å². The SMILES string of the molecule is Cc1ccccc1CC(=O)Nc1ccc2c(c1)Sc1ncccc1C(=O)N2C(C)C. The molecule has 1 aliphatic heterocycles. The van der Waals surface area contributed by atoms with Gasteiger partial charge in [-0.25, -0.2) is 4.98 Å². The normalized spacial score (nSPS) is 12.9. The number of fused-ring (bicyclic) bond motifs is 2. The highest BCUT2D eigenvalue weighted by Crippen LogP contribution is 2.42. The fourth-order valence-corrected chi connectivity index (χ4v) is 4.59. The van der Waals surface area contributed by atoms with Crippen molar-refractivity contribution < 1.29 is 9.59 Å². The van der Waals surface area contributed by atoms with Gasteiger partial charge < -0.3 is 10.2 Å². The Kier molecular flexibility index (Phi) is 5.59. The smallest absolute Gasteiger partial charge is 0.261 e. The van der Waals surface area contributed by atoms with E-state index in [-0.39, 0.29) is 17.9 Å². The quantitative estimate of drug-likeness (QED) is 0.642. The fraction of sp³-hybridized carbons (Fsp3) is 0.208. The largest absolute Gasteiger partial charge is 0.326 e. The molecule has 2 aromatic carbocycles. The summed E-state index contributed by atoms with van der Waals surface area (Å²) in [6.07, 6.45) is 2.01. The minimum atomic E-state index is -0.0711. The predicted molar refractivity (Wildman–Crippen MR) is 120 cm³/mol. The summed E-state index contributed by atoms with van der Waals surface area (Å²) < 4.78 is 0. The molecular weight excluding hydrogens is 394 g/mol. The second-order valence-corrected chi connectivity index (χ2v) is 8.59. The summed E-state index contributed by atoms with van der Waals surface area (Å²) in [6.45, 7) is 5.99. The van der Waals surface area contributed by atoms with Gasteiger partial charge in [-0.05, 0) is 62.2 Å². The van der Waals surface area contributed by atoms with Crippen molar-refractivity contribution in [2.75, 3.05) is 10.2 Å². The van der Waals surface area contributed by atoms with Crippen molar-refractivity contribution in [3.05, 3.63) is 77.5 Å². The monoisotopic (exact) mass is 417 g/mol. The van der Waals surface area contributed by atoms with E-state index in [4.69, 9.17) is 0 Å². The third kappa shape index (κ3) is 3.96. The Balaban J connectivity index is 1.64. The van der Waals surface area contributed by atoms with Crippen LogP contribution in [0.5, 0.6) is 0 Å². The van der Waals surface area contributed by atoms with Crippen molar-refractivity contribution in [3.8, 4) is 0 Å². The highest BCUT2D eigenvalue weighted by Gasteiger charge is 2.30. The van der Waals surface area contributed by atoms with Crippen LogP contribution in [0.2, 0.25) is 0 Å². The van der Waals surface area contributed by atoms with Gasteiger partial charge in [0.05, 0.1) is 17.7 Å². The lowest BCUT2D eigenvalue weighted by Crippen LogP contribution is -2.37. The van der Waals surface area contributed by atoms with Crippen LogP contribution in [-0.4, -0.2) is 22.8 Å². The summed E-state index contributed by atoms with van der Waals surface area (Å²) >= 11 is 1.45. The molecule has 30 heavy (non-hydrogen) atoms. The molecule has 0 saturated heterocycles. The molecule has 1 N–H and O–H groups in total. The van der Waals surface area contributed by atoms with E-state index in [2.05, 4.69) is 10.3 Å². The van der Waals surface area contributed by atoms with Crippen molar-refractivity contribution in [1.29, 1.82) is 0 Å². The first-order valence-corrected chi connectivity index (χ1v) is 10.7. The molecular formula is C24H23N3O2S. The van der Waals surface area contributed by atoms with Crippen LogP contribution in [0, 0.1) is 6.92 Å². The number of nitrogens with zero attached hydrogens (tertiary/aromatic N) is 2. The van der Waals surface area contributed by atoms with E-state index in [1.54, 1.807) is 17.2 Å². The van der Waals surface area contributed by atoms with Gasteiger partial charge in [0.1, 0.15) is 5.03 Å². The lowest BCUT2D eigenvalue weighted by molar-refractivity contribution is -0.115. The van der Waals surface area contributed by atoms with Gasteiger partial charge in [-0.3, -0.25) is 9.59 Å². The Hall–Kier alpha value is -3.12. The molecule has 1 aromatic heterocycles. The summed E-state index contributed by atoms with van der Waals surface area (Å²) in [5, 5.41) is 3.67. The minimum Gasteiger partial charge on any atom is -0.326 e. The van der Waals surface area contributed by atoms with Crippen molar-refractivity contribution in [2.24, 2.45) is 0 Å². The van der Waals surface area contributed by atoms with Crippen molar-refractivity contribution >= 4 is 35.0 Å². The zero-order valence-electron chi connectivity index (χ0n) is 17.2. The summed E-state index contributed by atoms with van der Waals surface area (Å²) in [4.78, 5) is 32.8. The first-order valence-electron chi connectivity index (χ1n) is 9.89. The molecule has 0 aliphatic carbocycles. The lowest BCUT2D eigenvalue weighted by Gasteiger charge is -2.27. The Bertz CT molecular complexity index is 1130. The molecule has 2 heterocycles. The van der Waals surface area contributed by atoms with E-state index in [1.807, 2.05) is 69.3 Å². The molecule has 0 fully saturated rings. The van der Waals surface area contributed by atoms with Crippen molar-refractivity contribution in [3.63, 3.8) is 0 Å². The van der Waals surface area contributed by atoms with Crippen LogP contribution in [0.3, 0.4) is 0 Å². The number of benzene rings is 2. The number of hydrogen-bond donors (Lipinski definition) is 1. The van der Waals surface area contributed by atoms with Crippen LogP contribution in [-0.2, 0) is 11.2 Å². The van der Waals surface area contributed by atoms with Crippen LogP contribution in [0.15, 0.2) is 70.7 Å². The average Bonchev–Trinajstić information content (AvgIpc) is 2.83. The number of carbonyl (C=O) groups is 2. The summed E-state index contributed by atoms with van der Waals surface area (Å²) in [5.41, 5.74) is 4.23. The van der Waals surface area contributed by atoms with Gasteiger partial charge in [-0.1, -0.05) is 36.0 Å². The number of amides is 2.